The standard InChI is InChI=1S/C9H18N2.C8H15NO2S.2C2H6/c1-11-6-4-9(8-11)3-2-5-10-7-9;1-9-4-2-8(6-9)3-5-12(10,11)7-8;2*1-2/h10H,2-8H2,1H3;2-7H2,1H3;2*1-2H3. The Balaban J connectivity index is 0.000000229. The predicted octanol–water partition coefficient (Wildman–Crippen LogP) is 2.87. The minimum atomic E-state index is -2.69. The van der Waals surface area contributed by atoms with Crippen molar-refractivity contribution in [1.29, 1.82) is 0 Å². The highest BCUT2D eigenvalue weighted by molar-refractivity contribution is 7.91. The Morgan fingerprint density at radius 1 is 0.815 bits per heavy atom. The van der Waals surface area contributed by atoms with Crippen LogP contribution in [0.25, 0.3) is 0 Å². The lowest BCUT2D eigenvalue weighted by atomic mass is 9.80. The third kappa shape index (κ3) is 7.30. The maximum atomic E-state index is 11.3. The van der Waals surface area contributed by atoms with E-state index in [1.807, 2.05) is 27.7 Å². The van der Waals surface area contributed by atoms with Crippen LogP contribution in [-0.2, 0) is 9.84 Å². The zero-order valence-corrected chi connectivity index (χ0v) is 19.6. The molecule has 0 saturated carbocycles. The highest BCUT2D eigenvalue weighted by atomic mass is 32.2. The minimum Gasteiger partial charge on any atom is -0.316 e. The van der Waals surface area contributed by atoms with Crippen molar-refractivity contribution in [2.45, 2.75) is 59.8 Å². The molecule has 2 atom stereocenters. The lowest BCUT2D eigenvalue weighted by Crippen LogP contribution is -2.41. The van der Waals surface area contributed by atoms with Crippen molar-refractivity contribution in [2.24, 2.45) is 10.8 Å². The van der Waals surface area contributed by atoms with E-state index in [-0.39, 0.29) is 5.41 Å². The van der Waals surface area contributed by atoms with Crippen molar-refractivity contribution < 1.29 is 8.42 Å². The molecule has 2 unspecified atom stereocenters. The fourth-order valence-corrected chi connectivity index (χ4v) is 7.20. The van der Waals surface area contributed by atoms with Gasteiger partial charge in [0.2, 0.25) is 0 Å². The molecule has 2 spiro atoms. The van der Waals surface area contributed by atoms with E-state index < -0.39 is 9.84 Å². The van der Waals surface area contributed by atoms with Gasteiger partial charge in [-0.1, -0.05) is 27.7 Å². The number of rotatable bonds is 0. The molecular formula is C21H45N3O2S. The summed E-state index contributed by atoms with van der Waals surface area (Å²) in [6.07, 6.45) is 6.21. The van der Waals surface area contributed by atoms with Crippen LogP contribution < -0.4 is 5.32 Å². The molecule has 162 valence electrons. The van der Waals surface area contributed by atoms with Crippen molar-refractivity contribution >= 4 is 9.84 Å². The van der Waals surface area contributed by atoms with Gasteiger partial charge in [0.25, 0.3) is 0 Å². The van der Waals surface area contributed by atoms with Crippen molar-refractivity contribution in [3.05, 3.63) is 0 Å². The largest absolute Gasteiger partial charge is 0.316 e. The molecule has 4 saturated heterocycles. The monoisotopic (exact) mass is 403 g/mol. The summed E-state index contributed by atoms with van der Waals surface area (Å²) in [5, 5.41) is 3.51. The normalized spacial score (nSPS) is 35.0. The molecule has 1 N–H and O–H groups in total. The van der Waals surface area contributed by atoms with Gasteiger partial charge in [-0.2, -0.15) is 0 Å². The van der Waals surface area contributed by atoms with Crippen LogP contribution in [0.4, 0.5) is 0 Å². The Morgan fingerprint density at radius 2 is 1.37 bits per heavy atom. The molecule has 27 heavy (non-hydrogen) atoms. The Bertz CT molecular complexity index is 512. The molecule has 4 heterocycles. The summed E-state index contributed by atoms with van der Waals surface area (Å²) >= 11 is 0. The summed E-state index contributed by atoms with van der Waals surface area (Å²) < 4.78 is 22.6. The molecule has 4 aliphatic rings. The summed E-state index contributed by atoms with van der Waals surface area (Å²) in [6, 6.07) is 0. The molecule has 4 aliphatic heterocycles. The molecular weight excluding hydrogens is 358 g/mol. The molecule has 0 radical (unpaired) electrons. The van der Waals surface area contributed by atoms with Gasteiger partial charge in [-0.05, 0) is 76.7 Å². The first kappa shape index (κ1) is 24.9. The second kappa shape index (κ2) is 11.1. The van der Waals surface area contributed by atoms with Crippen LogP contribution in [0.15, 0.2) is 0 Å². The molecule has 0 amide bonds. The lowest BCUT2D eigenvalue weighted by molar-refractivity contribution is 0.213. The maximum absolute atomic E-state index is 11.3. The first-order valence-electron chi connectivity index (χ1n) is 11.1. The topological polar surface area (TPSA) is 52.6 Å². The van der Waals surface area contributed by atoms with Crippen LogP contribution >= 0.6 is 0 Å². The molecule has 0 aliphatic carbocycles. The third-order valence-corrected chi connectivity index (χ3v) is 8.17. The smallest absolute Gasteiger partial charge is 0.150 e. The van der Waals surface area contributed by atoms with Gasteiger partial charge < -0.3 is 15.1 Å². The zero-order valence-electron chi connectivity index (χ0n) is 18.8. The predicted molar refractivity (Wildman–Crippen MR) is 117 cm³/mol. The maximum Gasteiger partial charge on any atom is 0.150 e. The molecule has 0 aromatic rings. The number of nitrogens with one attached hydrogen (secondary N) is 1. The average molecular weight is 404 g/mol. The number of hydrogen-bond acceptors (Lipinski definition) is 5. The van der Waals surface area contributed by atoms with E-state index in [2.05, 4.69) is 29.2 Å². The number of hydrogen-bond donors (Lipinski definition) is 1. The van der Waals surface area contributed by atoms with Gasteiger partial charge in [0, 0.05) is 19.6 Å². The first-order chi connectivity index (χ1) is 12.8. The molecule has 4 fully saturated rings. The zero-order chi connectivity index (χ0) is 20.6. The van der Waals surface area contributed by atoms with Crippen LogP contribution in [-0.4, -0.2) is 83.1 Å². The van der Waals surface area contributed by atoms with Gasteiger partial charge in [-0.15, -0.1) is 0 Å². The SMILES string of the molecule is CC.CC.CN1CCC2(CCCNC2)C1.CN1CCC2(CCS(=O)(=O)C2)C1. The van der Waals surface area contributed by atoms with E-state index in [1.165, 1.54) is 45.4 Å². The molecule has 0 aromatic carbocycles. The van der Waals surface area contributed by atoms with Crippen LogP contribution in [0.1, 0.15) is 59.8 Å². The average Bonchev–Trinajstić information content (AvgIpc) is 3.30. The van der Waals surface area contributed by atoms with Gasteiger partial charge in [0.05, 0.1) is 11.5 Å². The second-order valence-electron chi connectivity index (χ2n) is 8.60. The van der Waals surface area contributed by atoms with E-state index in [1.54, 1.807) is 0 Å². The van der Waals surface area contributed by atoms with Crippen LogP contribution in [0.5, 0.6) is 0 Å². The number of nitrogens with zero attached hydrogens (tertiary/aromatic N) is 2. The van der Waals surface area contributed by atoms with Gasteiger partial charge >= 0.3 is 0 Å². The van der Waals surface area contributed by atoms with Crippen molar-refractivity contribution in [2.75, 3.05) is 64.9 Å². The third-order valence-electron chi connectivity index (χ3n) is 6.29. The fraction of sp³-hybridized carbons (Fsp3) is 1.00. The lowest BCUT2D eigenvalue weighted by Gasteiger charge is -2.33. The summed E-state index contributed by atoms with van der Waals surface area (Å²) in [5.41, 5.74) is 0.792. The molecule has 6 heteroatoms. The molecule has 0 aromatic heterocycles. The highest BCUT2D eigenvalue weighted by Crippen LogP contribution is 2.40. The molecule has 0 bridgehead atoms. The van der Waals surface area contributed by atoms with Crippen molar-refractivity contribution in [3.8, 4) is 0 Å². The Labute approximate surface area is 169 Å². The van der Waals surface area contributed by atoms with Gasteiger partial charge in [0.1, 0.15) is 0 Å². The summed E-state index contributed by atoms with van der Waals surface area (Å²) in [4.78, 5) is 4.70. The van der Waals surface area contributed by atoms with Crippen molar-refractivity contribution in [1.82, 2.24) is 15.1 Å². The summed E-state index contributed by atoms with van der Waals surface area (Å²) in [5.74, 6) is 0.852. The highest BCUT2D eigenvalue weighted by Gasteiger charge is 2.45. The number of sulfone groups is 1. The van der Waals surface area contributed by atoms with Gasteiger partial charge in [-0.3, -0.25) is 0 Å². The van der Waals surface area contributed by atoms with Gasteiger partial charge in [-0.25, -0.2) is 8.42 Å². The van der Waals surface area contributed by atoms with E-state index in [9.17, 15) is 8.42 Å². The van der Waals surface area contributed by atoms with Crippen LogP contribution in [0.2, 0.25) is 0 Å². The van der Waals surface area contributed by atoms with E-state index >= 15 is 0 Å². The fourth-order valence-electron chi connectivity index (χ4n) is 5.00. The summed E-state index contributed by atoms with van der Waals surface area (Å²) in [6.45, 7) is 15.2. The van der Waals surface area contributed by atoms with E-state index in [4.69, 9.17) is 0 Å². The van der Waals surface area contributed by atoms with Crippen LogP contribution in [0.3, 0.4) is 0 Å². The summed E-state index contributed by atoms with van der Waals surface area (Å²) in [7, 11) is 1.62. The number of likely N-dealkylation sites (tertiary alicyclic amines) is 2. The number of piperidine rings is 1. The first-order valence-corrected chi connectivity index (χ1v) is 12.9. The minimum absolute atomic E-state index is 0.133. The Morgan fingerprint density at radius 3 is 1.74 bits per heavy atom. The Kier molecular flexibility index (Phi) is 10.2. The second-order valence-corrected chi connectivity index (χ2v) is 10.8. The quantitative estimate of drug-likeness (QED) is 0.674. The van der Waals surface area contributed by atoms with E-state index in [0.29, 0.717) is 16.9 Å². The molecule has 5 nitrogen and oxygen atoms in total. The Hall–Kier alpha value is -0.170. The molecule has 4 rings (SSSR count). The van der Waals surface area contributed by atoms with E-state index in [0.717, 1.165) is 25.9 Å². The van der Waals surface area contributed by atoms with Gasteiger partial charge in [0.15, 0.2) is 9.84 Å². The van der Waals surface area contributed by atoms with Crippen LogP contribution in [0, 0.1) is 10.8 Å². The van der Waals surface area contributed by atoms with Crippen molar-refractivity contribution in [3.63, 3.8) is 0 Å².